The molecule has 1 heterocycles. The summed E-state index contributed by atoms with van der Waals surface area (Å²) >= 11 is 0. The van der Waals surface area contributed by atoms with Crippen LogP contribution in [-0.2, 0) is 14.9 Å². The van der Waals surface area contributed by atoms with Crippen LogP contribution in [0.15, 0.2) is 42.6 Å². The van der Waals surface area contributed by atoms with Crippen LogP contribution in [0.2, 0.25) is 0 Å². The van der Waals surface area contributed by atoms with Gasteiger partial charge in [0.05, 0.1) is 6.61 Å². The molecule has 0 saturated carbocycles. The number of aromatic nitrogens is 1. The van der Waals surface area contributed by atoms with Gasteiger partial charge in [0.2, 0.25) is 0 Å². The number of rotatable bonds is 6. The fourth-order valence-corrected chi connectivity index (χ4v) is 2.38. The van der Waals surface area contributed by atoms with E-state index in [1.807, 2.05) is 31.2 Å². The minimum atomic E-state index is -0.976. The highest BCUT2D eigenvalue weighted by Gasteiger charge is 2.22. The van der Waals surface area contributed by atoms with Crippen LogP contribution in [0.5, 0.6) is 5.75 Å². The number of nitrogens with one attached hydrogen (secondary N) is 1. The highest BCUT2D eigenvalue weighted by Crippen LogP contribution is 2.23. The summed E-state index contributed by atoms with van der Waals surface area (Å²) in [5.74, 6) is -0.791. The van der Waals surface area contributed by atoms with E-state index in [1.54, 1.807) is 12.1 Å². The molecule has 6 nitrogen and oxygen atoms in total. The summed E-state index contributed by atoms with van der Waals surface area (Å²) in [6, 6.07) is 10.9. The summed E-state index contributed by atoms with van der Waals surface area (Å²) < 4.78 is 10.6. The summed E-state index contributed by atoms with van der Waals surface area (Å²) in [6.07, 6.45) is 0.497. The van der Waals surface area contributed by atoms with Crippen molar-refractivity contribution in [2.24, 2.45) is 0 Å². The average molecular weight is 370 g/mol. The largest absolute Gasteiger partial charge is 0.491 e. The molecule has 1 unspecified atom stereocenters. The number of benzene rings is 1. The molecular formula is C21H26N2O4. The van der Waals surface area contributed by atoms with Gasteiger partial charge < -0.3 is 14.8 Å². The molecule has 144 valence electrons. The van der Waals surface area contributed by atoms with Crippen molar-refractivity contribution in [1.29, 1.82) is 0 Å². The van der Waals surface area contributed by atoms with Crippen molar-refractivity contribution in [2.75, 3.05) is 11.9 Å². The molecule has 1 N–H and O–H groups in total. The number of nitrogens with zero attached hydrogens (tertiary/aromatic N) is 1. The lowest BCUT2D eigenvalue weighted by atomic mass is 9.87. The number of anilines is 1. The van der Waals surface area contributed by atoms with Gasteiger partial charge in [-0.3, -0.25) is 4.79 Å². The van der Waals surface area contributed by atoms with E-state index in [1.165, 1.54) is 18.7 Å². The van der Waals surface area contributed by atoms with Crippen molar-refractivity contribution in [3.8, 4) is 5.75 Å². The zero-order chi connectivity index (χ0) is 20.0. The Kier molecular flexibility index (Phi) is 6.55. The van der Waals surface area contributed by atoms with Gasteiger partial charge in [-0.25, -0.2) is 9.78 Å². The minimum absolute atomic E-state index is 0.0340. The first-order chi connectivity index (χ1) is 12.7. The smallest absolute Gasteiger partial charge is 0.361 e. The van der Waals surface area contributed by atoms with E-state index in [0.29, 0.717) is 18.0 Å². The maximum absolute atomic E-state index is 12.3. The molecule has 1 aromatic heterocycles. The van der Waals surface area contributed by atoms with Crippen molar-refractivity contribution in [3.63, 3.8) is 0 Å². The van der Waals surface area contributed by atoms with Gasteiger partial charge in [-0.1, -0.05) is 32.9 Å². The monoisotopic (exact) mass is 370 g/mol. The van der Waals surface area contributed by atoms with E-state index in [-0.39, 0.29) is 11.1 Å². The number of pyridine rings is 1. The fraction of sp³-hybridized carbons (Fsp3) is 0.381. The average Bonchev–Trinajstić information content (AvgIpc) is 2.62. The standard InChI is InChI=1S/C21H26N2O4/c1-6-26-17-8-7-13-22-18(17)20(25)27-14(2)19(24)23-16-11-9-15(10-12-16)21(3,4)5/h7-14H,6H2,1-5H3,(H,23,24). The Hall–Kier alpha value is -2.89. The summed E-state index contributed by atoms with van der Waals surface area (Å²) in [5, 5.41) is 2.75. The van der Waals surface area contributed by atoms with Gasteiger partial charge in [0, 0.05) is 11.9 Å². The Balaban J connectivity index is 2.00. The lowest BCUT2D eigenvalue weighted by molar-refractivity contribution is -0.123. The van der Waals surface area contributed by atoms with E-state index in [4.69, 9.17) is 9.47 Å². The third-order valence-corrected chi connectivity index (χ3v) is 3.94. The van der Waals surface area contributed by atoms with Crippen molar-refractivity contribution in [3.05, 3.63) is 53.9 Å². The molecule has 1 amide bonds. The second-order valence-corrected chi connectivity index (χ2v) is 7.15. The number of ether oxygens (including phenoxy) is 2. The van der Waals surface area contributed by atoms with Crippen LogP contribution in [0.25, 0.3) is 0 Å². The van der Waals surface area contributed by atoms with Crippen LogP contribution in [0.4, 0.5) is 5.69 Å². The molecule has 27 heavy (non-hydrogen) atoms. The molecular weight excluding hydrogens is 344 g/mol. The molecule has 0 aliphatic heterocycles. The molecule has 0 bridgehead atoms. The first kappa shape index (κ1) is 20.4. The first-order valence-corrected chi connectivity index (χ1v) is 8.92. The van der Waals surface area contributed by atoms with Crippen LogP contribution in [0.1, 0.15) is 50.7 Å². The molecule has 0 radical (unpaired) electrons. The third kappa shape index (κ3) is 5.54. The molecule has 0 spiro atoms. The van der Waals surface area contributed by atoms with Crippen molar-refractivity contribution in [1.82, 2.24) is 4.98 Å². The first-order valence-electron chi connectivity index (χ1n) is 8.92. The van der Waals surface area contributed by atoms with Crippen molar-refractivity contribution in [2.45, 2.75) is 46.1 Å². The Labute approximate surface area is 159 Å². The molecule has 1 atom stereocenters. The number of esters is 1. The van der Waals surface area contributed by atoms with Gasteiger partial charge in [0.15, 0.2) is 17.5 Å². The maximum Gasteiger partial charge on any atom is 0.361 e. The van der Waals surface area contributed by atoms with Crippen LogP contribution >= 0.6 is 0 Å². The number of amides is 1. The Morgan fingerprint density at radius 3 is 2.41 bits per heavy atom. The van der Waals surface area contributed by atoms with Gasteiger partial charge in [0.25, 0.3) is 5.91 Å². The molecule has 1 aromatic carbocycles. The molecule has 2 rings (SSSR count). The summed E-state index contributed by atoms with van der Waals surface area (Å²) in [4.78, 5) is 28.6. The predicted molar refractivity (Wildman–Crippen MR) is 104 cm³/mol. The molecule has 0 aliphatic carbocycles. The maximum atomic E-state index is 12.3. The molecule has 0 fully saturated rings. The van der Waals surface area contributed by atoms with E-state index in [0.717, 1.165) is 0 Å². The number of carbonyl (C=O) groups excluding carboxylic acids is 2. The van der Waals surface area contributed by atoms with E-state index in [9.17, 15) is 9.59 Å². The van der Waals surface area contributed by atoms with Crippen LogP contribution in [0, 0.1) is 0 Å². The SMILES string of the molecule is CCOc1cccnc1C(=O)OC(C)C(=O)Nc1ccc(C(C)(C)C)cc1. The number of hydrogen-bond acceptors (Lipinski definition) is 5. The second-order valence-electron chi connectivity index (χ2n) is 7.15. The highest BCUT2D eigenvalue weighted by atomic mass is 16.6. The molecule has 0 aliphatic rings. The van der Waals surface area contributed by atoms with Gasteiger partial charge in [-0.15, -0.1) is 0 Å². The normalized spacial score (nSPS) is 12.2. The van der Waals surface area contributed by atoms with Crippen molar-refractivity contribution < 1.29 is 19.1 Å². The van der Waals surface area contributed by atoms with Crippen LogP contribution < -0.4 is 10.1 Å². The lowest BCUT2D eigenvalue weighted by Gasteiger charge is -2.19. The second kappa shape index (κ2) is 8.66. The van der Waals surface area contributed by atoms with E-state index < -0.39 is 18.0 Å². The predicted octanol–water partition coefficient (Wildman–Crippen LogP) is 3.96. The van der Waals surface area contributed by atoms with Crippen molar-refractivity contribution >= 4 is 17.6 Å². The van der Waals surface area contributed by atoms with E-state index in [2.05, 4.69) is 31.1 Å². The van der Waals surface area contributed by atoms with Gasteiger partial charge in [0.1, 0.15) is 0 Å². The quantitative estimate of drug-likeness (QED) is 0.779. The summed E-state index contributed by atoms with van der Waals surface area (Å²) in [6.45, 7) is 10.1. The van der Waals surface area contributed by atoms with Crippen LogP contribution in [0.3, 0.4) is 0 Å². The molecule has 6 heteroatoms. The zero-order valence-corrected chi connectivity index (χ0v) is 16.4. The fourth-order valence-electron chi connectivity index (χ4n) is 2.38. The molecule has 2 aromatic rings. The number of hydrogen-bond donors (Lipinski definition) is 1. The van der Waals surface area contributed by atoms with Gasteiger partial charge in [-0.2, -0.15) is 0 Å². The Bertz CT molecular complexity index is 795. The summed E-state index contributed by atoms with van der Waals surface area (Å²) in [5.41, 5.74) is 1.89. The lowest BCUT2D eigenvalue weighted by Crippen LogP contribution is -2.30. The van der Waals surface area contributed by atoms with Crippen LogP contribution in [-0.4, -0.2) is 29.6 Å². The topological polar surface area (TPSA) is 77.5 Å². The Morgan fingerprint density at radius 2 is 1.81 bits per heavy atom. The molecule has 0 saturated heterocycles. The third-order valence-electron chi connectivity index (χ3n) is 3.94. The van der Waals surface area contributed by atoms with Gasteiger partial charge >= 0.3 is 5.97 Å². The van der Waals surface area contributed by atoms with E-state index >= 15 is 0 Å². The van der Waals surface area contributed by atoms with Gasteiger partial charge in [-0.05, 0) is 49.1 Å². The highest BCUT2D eigenvalue weighted by molar-refractivity contribution is 5.97. The summed E-state index contributed by atoms with van der Waals surface area (Å²) in [7, 11) is 0. The number of carbonyl (C=O) groups is 2. The zero-order valence-electron chi connectivity index (χ0n) is 16.4. The Morgan fingerprint density at radius 1 is 1.15 bits per heavy atom. The minimum Gasteiger partial charge on any atom is -0.491 e.